The number of urea groups is 1. The van der Waals surface area contributed by atoms with Crippen molar-refractivity contribution < 1.29 is 14.4 Å². The summed E-state index contributed by atoms with van der Waals surface area (Å²) in [5.74, 6) is -1.12. The van der Waals surface area contributed by atoms with Crippen LogP contribution in [0.4, 0.5) is 10.5 Å². The summed E-state index contributed by atoms with van der Waals surface area (Å²) in [5.41, 5.74) is 3.36. The Morgan fingerprint density at radius 2 is 1.89 bits per heavy atom. The number of likely N-dealkylation sites (tertiary alicyclic amines) is 1. The monoisotopic (exact) mass is 502 g/mol. The van der Waals surface area contributed by atoms with Gasteiger partial charge in [-0.1, -0.05) is 51.1 Å². The lowest BCUT2D eigenvalue weighted by Crippen LogP contribution is -2.70. The third-order valence-electron chi connectivity index (χ3n) is 6.90. The summed E-state index contributed by atoms with van der Waals surface area (Å²) in [4.78, 5) is 47.4. The van der Waals surface area contributed by atoms with E-state index in [0.717, 1.165) is 21.7 Å². The molecule has 1 aliphatic rings. The molecule has 194 valence electrons. The van der Waals surface area contributed by atoms with Crippen molar-refractivity contribution in [3.8, 4) is 0 Å². The first-order valence-electron chi connectivity index (χ1n) is 12.6. The number of anilines is 1. The predicted octanol–water partition coefficient (Wildman–Crippen LogP) is 3.83. The van der Waals surface area contributed by atoms with E-state index < -0.39 is 18.0 Å². The van der Waals surface area contributed by atoms with Crippen molar-refractivity contribution in [1.82, 2.24) is 25.0 Å². The molecule has 3 heterocycles. The molecule has 0 bridgehead atoms. The molecule has 0 radical (unpaired) electrons. The van der Waals surface area contributed by atoms with Gasteiger partial charge in [0.15, 0.2) is 0 Å². The largest absolute Gasteiger partial charge is 0.331 e. The van der Waals surface area contributed by atoms with Gasteiger partial charge in [-0.15, -0.1) is 0 Å². The van der Waals surface area contributed by atoms with E-state index in [2.05, 4.69) is 29.2 Å². The number of aryl methyl sites for hydroxylation is 1. The van der Waals surface area contributed by atoms with Gasteiger partial charge in [0, 0.05) is 32.2 Å². The lowest BCUT2D eigenvalue weighted by Gasteiger charge is -2.46. The van der Waals surface area contributed by atoms with E-state index in [0.29, 0.717) is 18.5 Å². The topological polar surface area (TPSA) is 100 Å². The minimum absolute atomic E-state index is 0.234. The minimum Gasteiger partial charge on any atom is -0.331 e. The van der Waals surface area contributed by atoms with Gasteiger partial charge in [0.05, 0.1) is 23.8 Å². The van der Waals surface area contributed by atoms with Crippen LogP contribution >= 0.6 is 0 Å². The Morgan fingerprint density at radius 3 is 2.51 bits per heavy atom. The van der Waals surface area contributed by atoms with E-state index in [1.54, 1.807) is 37.4 Å². The van der Waals surface area contributed by atoms with Gasteiger partial charge in [0.25, 0.3) is 5.91 Å². The van der Waals surface area contributed by atoms with Crippen LogP contribution in [0.1, 0.15) is 56.0 Å². The van der Waals surface area contributed by atoms with Gasteiger partial charge in [0.2, 0.25) is 5.91 Å². The Morgan fingerprint density at radius 1 is 1.16 bits per heavy atom. The Hall–Kier alpha value is -4.01. The van der Waals surface area contributed by atoms with Crippen LogP contribution in [0.2, 0.25) is 0 Å². The number of likely N-dealkylation sites (N-methyl/N-ethyl adjacent to an activating group) is 1. The van der Waals surface area contributed by atoms with Gasteiger partial charge in [-0.05, 0) is 42.0 Å². The fourth-order valence-corrected chi connectivity index (χ4v) is 4.68. The summed E-state index contributed by atoms with van der Waals surface area (Å²) >= 11 is 0. The smallest absolute Gasteiger partial charge is 0.325 e. The van der Waals surface area contributed by atoms with Crippen LogP contribution in [-0.4, -0.2) is 50.6 Å². The number of pyridine rings is 1. The third kappa shape index (κ3) is 5.40. The minimum atomic E-state index is -0.929. The highest BCUT2D eigenvalue weighted by Crippen LogP contribution is 2.33. The number of benzene rings is 1. The Bertz CT molecular complexity index is 1270. The van der Waals surface area contributed by atoms with Crippen LogP contribution in [0.15, 0.2) is 61.1 Å². The molecule has 0 unspecified atom stereocenters. The average molecular weight is 503 g/mol. The lowest BCUT2D eigenvalue weighted by atomic mass is 9.81. The summed E-state index contributed by atoms with van der Waals surface area (Å²) in [6.07, 6.45) is 6.02. The molecular weight excluding hydrogens is 468 g/mol. The van der Waals surface area contributed by atoms with E-state index in [1.807, 2.05) is 49.4 Å². The van der Waals surface area contributed by atoms with Gasteiger partial charge in [-0.2, -0.15) is 5.10 Å². The molecule has 4 rings (SSSR count). The highest BCUT2D eigenvalue weighted by Gasteiger charge is 2.55. The SMILES string of the molecule is CC[C@@H](NC(=O)N1C(=O)[C@H](Cc2ccnc(C(C)C)c2)[C@H]1C(=O)N(C)c1cnn(C)c1)c1ccccc1. The maximum atomic E-state index is 13.7. The number of β-lactam (4-membered cyclic amide) rings is 1. The number of carbonyl (C=O) groups is 3. The number of rotatable bonds is 8. The van der Waals surface area contributed by atoms with Crippen LogP contribution < -0.4 is 10.2 Å². The first-order valence-corrected chi connectivity index (χ1v) is 12.6. The average Bonchev–Trinajstić information content (AvgIpc) is 3.34. The number of amides is 4. The Kier molecular flexibility index (Phi) is 7.71. The Labute approximate surface area is 217 Å². The zero-order valence-corrected chi connectivity index (χ0v) is 22.0. The fraction of sp³-hybridized carbons (Fsp3) is 0.393. The van der Waals surface area contributed by atoms with Crippen LogP contribution in [0.5, 0.6) is 0 Å². The van der Waals surface area contributed by atoms with Crippen LogP contribution in [0.3, 0.4) is 0 Å². The lowest BCUT2D eigenvalue weighted by molar-refractivity contribution is -0.156. The second-order valence-electron chi connectivity index (χ2n) is 9.80. The van der Waals surface area contributed by atoms with Gasteiger partial charge >= 0.3 is 6.03 Å². The van der Waals surface area contributed by atoms with Crippen molar-refractivity contribution in [2.45, 2.75) is 51.6 Å². The van der Waals surface area contributed by atoms with Gasteiger partial charge in [0.1, 0.15) is 6.04 Å². The Balaban J connectivity index is 1.60. The molecule has 3 atom stereocenters. The van der Waals surface area contributed by atoms with Crippen molar-refractivity contribution in [2.75, 3.05) is 11.9 Å². The molecular formula is C28H34N6O3. The second-order valence-corrected chi connectivity index (χ2v) is 9.80. The molecule has 4 amide bonds. The molecule has 1 N–H and O–H groups in total. The molecule has 1 aliphatic heterocycles. The van der Waals surface area contributed by atoms with Gasteiger partial charge < -0.3 is 10.2 Å². The number of imide groups is 1. The fourth-order valence-electron chi connectivity index (χ4n) is 4.68. The van der Waals surface area contributed by atoms with Crippen molar-refractivity contribution in [2.24, 2.45) is 13.0 Å². The molecule has 3 aromatic rings. The molecule has 37 heavy (non-hydrogen) atoms. The van der Waals surface area contributed by atoms with Crippen LogP contribution in [0, 0.1) is 5.92 Å². The molecule has 0 aliphatic carbocycles. The standard InChI is InChI=1S/C28H34N6O3/c1-6-23(20-10-8-7-9-11-20)31-28(37)34-25(27(36)33(5)21-16-30-32(4)17-21)22(26(34)35)14-19-12-13-29-24(15-19)18(2)3/h7-13,15-18,22-23,25H,6,14H2,1-5H3,(H,31,37)/t22-,23-,25+/m1/s1. The normalized spacial score (nSPS) is 17.9. The third-order valence-corrected chi connectivity index (χ3v) is 6.90. The predicted molar refractivity (Wildman–Crippen MR) is 141 cm³/mol. The summed E-state index contributed by atoms with van der Waals surface area (Å²) < 4.78 is 1.60. The number of hydrogen-bond acceptors (Lipinski definition) is 5. The first-order chi connectivity index (χ1) is 17.7. The number of aromatic nitrogens is 3. The van der Waals surface area contributed by atoms with Crippen LogP contribution in [0.25, 0.3) is 0 Å². The maximum Gasteiger partial charge on any atom is 0.325 e. The van der Waals surface area contributed by atoms with E-state index in [1.165, 1.54) is 4.90 Å². The highest BCUT2D eigenvalue weighted by atomic mass is 16.2. The molecule has 0 saturated carbocycles. The molecule has 9 heteroatoms. The highest BCUT2D eigenvalue weighted by molar-refractivity contribution is 6.12. The zero-order chi connectivity index (χ0) is 26.7. The molecule has 1 saturated heterocycles. The summed E-state index contributed by atoms with van der Waals surface area (Å²) in [6.45, 7) is 6.07. The van der Waals surface area contributed by atoms with Crippen molar-refractivity contribution in [3.05, 3.63) is 77.9 Å². The van der Waals surface area contributed by atoms with Crippen molar-refractivity contribution in [3.63, 3.8) is 0 Å². The second kappa shape index (κ2) is 10.9. The van der Waals surface area contributed by atoms with E-state index >= 15 is 0 Å². The summed E-state index contributed by atoms with van der Waals surface area (Å²) in [7, 11) is 3.40. The number of nitrogens with zero attached hydrogens (tertiary/aromatic N) is 5. The van der Waals surface area contributed by atoms with E-state index in [4.69, 9.17) is 0 Å². The number of nitrogens with one attached hydrogen (secondary N) is 1. The number of carbonyl (C=O) groups excluding carboxylic acids is 3. The van der Waals surface area contributed by atoms with Gasteiger partial charge in [-0.25, -0.2) is 4.79 Å². The quantitative estimate of drug-likeness (QED) is 0.472. The molecule has 2 aromatic heterocycles. The van der Waals surface area contributed by atoms with Crippen molar-refractivity contribution in [1.29, 1.82) is 0 Å². The summed E-state index contributed by atoms with van der Waals surface area (Å²) in [6, 6.07) is 11.7. The maximum absolute atomic E-state index is 13.7. The molecule has 9 nitrogen and oxygen atoms in total. The van der Waals surface area contributed by atoms with E-state index in [-0.39, 0.29) is 23.8 Å². The van der Waals surface area contributed by atoms with Crippen molar-refractivity contribution >= 4 is 23.5 Å². The molecule has 1 aromatic carbocycles. The van der Waals surface area contributed by atoms with Gasteiger partial charge in [-0.3, -0.25) is 24.2 Å². The summed E-state index contributed by atoms with van der Waals surface area (Å²) in [5, 5.41) is 7.11. The molecule has 1 fully saturated rings. The molecule has 0 spiro atoms. The van der Waals surface area contributed by atoms with E-state index in [9.17, 15) is 14.4 Å². The zero-order valence-electron chi connectivity index (χ0n) is 22.0. The first kappa shape index (κ1) is 26.1. The van der Waals surface area contributed by atoms with Crippen LogP contribution in [-0.2, 0) is 23.1 Å². The number of hydrogen-bond donors (Lipinski definition) is 1.